The average molecular weight is 602 g/mol. The topological polar surface area (TPSA) is 231 Å². The molecule has 13 nitrogen and oxygen atoms in total. The highest BCUT2D eigenvalue weighted by molar-refractivity contribution is 5.94. The van der Waals surface area contributed by atoms with Crippen LogP contribution in [0.25, 0.3) is 0 Å². The van der Waals surface area contributed by atoms with Crippen molar-refractivity contribution >= 4 is 41.9 Å². The number of nitrogens with two attached hydrogens (primary N) is 1. The number of anilines is 4. The van der Waals surface area contributed by atoms with Crippen LogP contribution in [0.1, 0.15) is 54.6 Å². The van der Waals surface area contributed by atoms with E-state index in [4.69, 9.17) is 9.72 Å². The number of carbonyl (C=O) groups is 1. The first kappa shape index (κ1) is 37.2. The van der Waals surface area contributed by atoms with Gasteiger partial charge in [0.25, 0.3) is 0 Å². The summed E-state index contributed by atoms with van der Waals surface area (Å²) in [6, 6.07) is 13.5. The summed E-state index contributed by atoms with van der Waals surface area (Å²) in [6.45, 7) is 3.73. The van der Waals surface area contributed by atoms with Gasteiger partial charge in [-0.1, -0.05) is 18.2 Å². The number of aromatic hydroxyl groups is 1. The Morgan fingerprint density at radius 2 is 1.37 bits per heavy atom. The smallest absolute Gasteiger partial charge is 0.347 e. The quantitative estimate of drug-likeness (QED) is 0.185. The highest BCUT2D eigenvalue weighted by atomic mass is 35.5. The summed E-state index contributed by atoms with van der Waals surface area (Å²) in [5.41, 5.74) is 5.15. The number of hydrogen-bond donors (Lipinski definition) is 5. The number of esters is 1. The number of nitrogens with zero attached hydrogens (tertiary/aromatic N) is 5. The summed E-state index contributed by atoms with van der Waals surface area (Å²) in [5, 5.41) is 13.7. The molecule has 0 aliphatic carbocycles. The molecule has 2 aliphatic rings. The lowest BCUT2D eigenvalue weighted by atomic mass is 10.1. The summed E-state index contributed by atoms with van der Waals surface area (Å²) >= 11 is 0. The van der Waals surface area contributed by atoms with Gasteiger partial charge in [0, 0.05) is 43.6 Å². The Morgan fingerprint density at radius 3 is 1.85 bits per heavy atom. The van der Waals surface area contributed by atoms with Crippen molar-refractivity contribution in [3.8, 4) is 11.5 Å². The van der Waals surface area contributed by atoms with Crippen LogP contribution in [0.5, 0.6) is 11.5 Å². The number of phenolic OH excluding ortho intramolecular Hbond substituents is 1. The van der Waals surface area contributed by atoms with Gasteiger partial charge in [0.05, 0.1) is 0 Å². The van der Waals surface area contributed by atoms with Crippen molar-refractivity contribution in [1.29, 1.82) is 0 Å². The Bertz CT molecular complexity index is 1160. The van der Waals surface area contributed by atoms with Crippen molar-refractivity contribution in [2.45, 2.75) is 38.5 Å². The van der Waals surface area contributed by atoms with E-state index in [0.717, 1.165) is 51.9 Å². The summed E-state index contributed by atoms with van der Waals surface area (Å²) in [5.74, 6) is 1.38. The Balaban J connectivity index is -0.000000523. The second-order valence-corrected chi connectivity index (χ2v) is 8.91. The number of halogens is 1. The van der Waals surface area contributed by atoms with E-state index in [1.165, 1.54) is 32.0 Å². The molecule has 0 saturated carbocycles. The molecule has 2 aliphatic heterocycles. The van der Waals surface area contributed by atoms with Crippen molar-refractivity contribution in [2.75, 3.05) is 48.3 Å². The summed E-state index contributed by atoms with van der Waals surface area (Å²) in [4.78, 5) is 31.1. The summed E-state index contributed by atoms with van der Waals surface area (Å²) < 4.78 is 5.34. The average Bonchev–Trinajstić information content (AvgIpc) is 2.95. The molecular formula is C27H52ClN9O4. The van der Waals surface area contributed by atoms with E-state index < -0.39 is 5.97 Å². The fourth-order valence-corrected chi connectivity index (χ4v) is 4.44. The first-order valence-electron chi connectivity index (χ1n) is 12.9. The third kappa shape index (κ3) is 9.99. The zero-order valence-electron chi connectivity index (χ0n) is 23.6. The van der Waals surface area contributed by atoms with Crippen LogP contribution in [-0.2, 0) is 0 Å². The fraction of sp³-hybridized carbons (Fsp3) is 0.407. The van der Waals surface area contributed by atoms with E-state index in [2.05, 4.69) is 30.8 Å². The Labute approximate surface area is 253 Å². The zero-order valence-corrected chi connectivity index (χ0v) is 24.4. The lowest BCUT2D eigenvalue weighted by Crippen LogP contribution is -2.34. The Kier molecular flexibility index (Phi) is 16.9. The van der Waals surface area contributed by atoms with E-state index >= 15 is 0 Å². The minimum atomic E-state index is -0.625. The van der Waals surface area contributed by atoms with Crippen molar-refractivity contribution in [3.63, 3.8) is 0 Å². The first-order chi connectivity index (χ1) is 18.2. The lowest BCUT2D eigenvalue weighted by Gasteiger charge is -2.30. The van der Waals surface area contributed by atoms with Crippen molar-refractivity contribution in [2.24, 2.45) is 5.73 Å². The normalized spacial score (nSPS) is 13.9. The second-order valence-electron chi connectivity index (χ2n) is 8.91. The molecule has 12 N–H and O–H groups in total. The number of benzene rings is 2. The van der Waals surface area contributed by atoms with Crippen LogP contribution in [0.3, 0.4) is 0 Å². The maximum absolute atomic E-state index is 12.5. The molecule has 0 bridgehead atoms. The van der Waals surface area contributed by atoms with Crippen LogP contribution in [0.2, 0.25) is 0 Å². The molecule has 0 spiro atoms. The second kappa shape index (κ2) is 18.6. The molecule has 5 rings (SSSR count). The number of rotatable bonds is 6. The van der Waals surface area contributed by atoms with E-state index in [-0.39, 0.29) is 47.2 Å². The number of carbonyl (C=O) groups excluding carboxylic acids is 1. The minimum absolute atomic E-state index is 0. The van der Waals surface area contributed by atoms with Crippen molar-refractivity contribution in [3.05, 3.63) is 54.1 Å². The van der Waals surface area contributed by atoms with Crippen LogP contribution < -0.4 is 37.9 Å². The minimum Gasteiger partial charge on any atom is -0.507 e. The van der Waals surface area contributed by atoms with E-state index in [1.54, 1.807) is 30.3 Å². The summed E-state index contributed by atoms with van der Waals surface area (Å²) in [7, 11) is 1.50. The molecule has 3 heterocycles. The molecule has 0 radical (unpaired) electrons. The number of phenols is 1. The van der Waals surface area contributed by atoms with Gasteiger partial charge in [0.1, 0.15) is 17.1 Å². The van der Waals surface area contributed by atoms with Gasteiger partial charge in [0.2, 0.25) is 17.8 Å². The maximum Gasteiger partial charge on any atom is 0.347 e. The fourth-order valence-electron chi connectivity index (χ4n) is 4.44. The van der Waals surface area contributed by atoms with Crippen LogP contribution in [0, 0.1) is 0 Å². The van der Waals surface area contributed by atoms with Crippen LogP contribution >= 0.6 is 12.4 Å². The molecule has 14 heteroatoms. The predicted octanol–water partition coefficient (Wildman–Crippen LogP) is 5.00. The lowest BCUT2D eigenvalue weighted by molar-refractivity contribution is 0.0731. The molecule has 0 atom stereocenters. The van der Waals surface area contributed by atoms with E-state index in [9.17, 15) is 9.90 Å². The molecule has 236 valence electrons. The highest BCUT2D eigenvalue weighted by Crippen LogP contribution is 2.27. The van der Waals surface area contributed by atoms with Crippen molar-refractivity contribution < 1.29 is 25.8 Å². The molecule has 1 aromatic heterocycles. The molecule has 41 heavy (non-hydrogen) atoms. The van der Waals surface area contributed by atoms with Gasteiger partial charge >= 0.3 is 5.97 Å². The van der Waals surface area contributed by atoms with Crippen LogP contribution in [0.4, 0.5) is 23.5 Å². The van der Waals surface area contributed by atoms with Gasteiger partial charge in [-0.2, -0.15) is 15.0 Å². The molecule has 2 saturated heterocycles. The number of aromatic nitrogens is 3. The zero-order chi connectivity index (χ0) is 26.0. The van der Waals surface area contributed by atoms with Gasteiger partial charge in [-0.25, -0.2) is 4.79 Å². The molecule has 2 fully saturated rings. The van der Waals surface area contributed by atoms with Gasteiger partial charge in [-0.3, -0.25) is 0 Å². The van der Waals surface area contributed by atoms with Gasteiger partial charge in [-0.15, -0.1) is 12.4 Å². The van der Waals surface area contributed by atoms with Gasteiger partial charge < -0.3 is 48.5 Å². The number of para-hydroxylation sites is 1. The Hall–Kier alpha value is -3.75. The Morgan fingerprint density at radius 1 is 0.854 bits per heavy atom. The summed E-state index contributed by atoms with van der Waals surface area (Å²) in [6.07, 6.45) is 6.96. The number of piperidine rings is 2. The van der Waals surface area contributed by atoms with Crippen LogP contribution in [0.15, 0.2) is 48.5 Å². The van der Waals surface area contributed by atoms with Gasteiger partial charge in [0.15, 0.2) is 0 Å². The predicted molar refractivity (Wildman–Crippen MR) is 174 cm³/mol. The number of hydrogen-bond acceptors (Lipinski definition) is 12. The SMILES string of the molecule is CN.Cl.N.N.O.O=C(Oc1ccccc1)c1ccc(Nc2nc(N3CCCCC3)nc(N3CCCCC3)n2)cc1O.[HH].[HH].[HH].[HH]. The number of ether oxygens (including phenoxy) is 1. The van der Waals surface area contributed by atoms with Gasteiger partial charge in [-0.05, 0) is 69.8 Å². The van der Waals surface area contributed by atoms with E-state index in [0.29, 0.717) is 29.3 Å². The third-order valence-electron chi connectivity index (χ3n) is 6.32. The molecule has 0 amide bonds. The number of nitrogens with one attached hydrogen (secondary N) is 1. The molecular weight excluding hydrogens is 550 g/mol. The maximum atomic E-state index is 12.5. The standard InChI is InChI=1S/C26H30N6O3.CH5N.ClH.2H3N.H2O.4H2/c33-22-18-19(12-13-21(22)23(34)35-20-10-4-1-5-11-20)27-24-28-25(31-14-6-2-7-15-31)30-26(29-24)32-16-8-3-9-17-32;1-2;;;;;;;;/h1,4-5,10-13,18,33H,2-3,6-9,14-17H2,(H,27,28,29,30);2H2,1H3;1H;2*1H3;1H2;4*1H. The molecule has 3 aromatic rings. The van der Waals surface area contributed by atoms with E-state index in [1.807, 2.05) is 6.07 Å². The van der Waals surface area contributed by atoms with Crippen LogP contribution in [-0.4, -0.2) is 64.7 Å². The largest absolute Gasteiger partial charge is 0.507 e. The molecule has 0 unspecified atom stereocenters. The highest BCUT2D eigenvalue weighted by Gasteiger charge is 2.21. The third-order valence-corrected chi connectivity index (χ3v) is 6.32. The monoisotopic (exact) mass is 601 g/mol. The molecule has 2 aromatic carbocycles. The van der Waals surface area contributed by atoms with Crippen molar-refractivity contribution in [1.82, 2.24) is 27.3 Å². The first-order valence-corrected chi connectivity index (χ1v) is 12.9.